The van der Waals surface area contributed by atoms with Crippen molar-refractivity contribution in [3.63, 3.8) is 0 Å². The minimum Gasteiger partial charge on any atom is -0.449 e. The van der Waals surface area contributed by atoms with E-state index in [0.717, 1.165) is 11.3 Å². The molecule has 0 aromatic heterocycles. The van der Waals surface area contributed by atoms with Crippen LogP contribution in [-0.4, -0.2) is 26.4 Å². The predicted octanol–water partition coefficient (Wildman–Crippen LogP) is 2.25. The van der Waals surface area contributed by atoms with Gasteiger partial charge in [-0.15, -0.1) is 0 Å². The van der Waals surface area contributed by atoms with Crippen LogP contribution in [0.3, 0.4) is 0 Å². The van der Waals surface area contributed by atoms with E-state index in [4.69, 9.17) is 4.74 Å². The number of amides is 1. The van der Waals surface area contributed by atoms with Crippen molar-refractivity contribution in [2.24, 2.45) is 0 Å². The molecular weight excluding hydrogens is 206 g/mol. The fraction of sp³-hybridized carbons (Fsp3) is 0.417. The third-order valence-corrected chi connectivity index (χ3v) is 2.26. The summed E-state index contributed by atoms with van der Waals surface area (Å²) >= 11 is 0. The lowest BCUT2D eigenvalue weighted by Crippen LogP contribution is -2.26. The maximum atomic E-state index is 11.4. The number of anilines is 1. The van der Waals surface area contributed by atoms with Gasteiger partial charge in [0.05, 0.1) is 13.2 Å². The third kappa shape index (κ3) is 3.24. The van der Waals surface area contributed by atoms with Gasteiger partial charge in [0.1, 0.15) is 0 Å². The zero-order valence-electron chi connectivity index (χ0n) is 9.60. The van der Waals surface area contributed by atoms with Crippen molar-refractivity contribution in [3.05, 3.63) is 29.8 Å². The summed E-state index contributed by atoms with van der Waals surface area (Å²) in [5, 5.41) is 10.4. The Morgan fingerprint density at radius 3 is 2.44 bits per heavy atom. The first-order valence-corrected chi connectivity index (χ1v) is 5.26. The summed E-state index contributed by atoms with van der Waals surface area (Å²) in [5.74, 6) is 0. The Hall–Kier alpha value is -1.55. The predicted molar refractivity (Wildman–Crippen MR) is 61.1 cm³/mol. The lowest BCUT2D eigenvalue weighted by atomic mass is 10.1. The molecule has 0 atom stereocenters. The van der Waals surface area contributed by atoms with Crippen molar-refractivity contribution in [2.45, 2.75) is 13.3 Å². The van der Waals surface area contributed by atoms with Gasteiger partial charge in [-0.1, -0.05) is 12.1 Å². The van der Waals surface area contributed by atoms with Gasteiger partial charge >= 0.3 is 6.09 Å². The van der Waals surface area contributed by atoms with Crippen LogP contribution in [0.4, 0.5) is 10.5 Å². The molecule has 0 spiro atoms. The van der Waals surface area contributed by atoms with Crippen LogP contribution in [0.2, 0.25) is 0 Å². The second-order valence-electron chi connectivity index (χ2n) is 3.38. The molecule has 0 fully saturated rings. The van der Waals surface area contributed by atoms with Gasteiger partial charge in [0.15, 0.2) is 0 Å². The van der Waals surface area contributed by atoms with Gasteiger partial charge in [-0.2, -0.15) is 0 Å². The Morgan fingerprint density at radius 2 is 1.94 bits per heavy atom. The van der Waals surface area contributed by atoms with E-state index in [0.29, 0.717) is 13.0 Å². The zero-order chi connectivity index (χ0) is 12.0. The molecule has 0 heterocycles. The minimum atomic E-state index is -0.376. The van der Waals surface area contributed by atoms with Crippen molar-refractivity contribution < 1.29 is 14.6 Å². The quantitative estimate of drug-likeness (QED) is 0.784. The fourth-order valence-electron chi connectivity index (χ4n) is 1.33. The van der Waals surface area contributed by atoms with E-state index in [-0.39, 0.29) is 12.7 Å². The van der Waals surface area contributed by atoms with Crippen LogP contribution >= 0.6 is 0 Å². The first kappa shape index (κ1) is 12.5. The van der Waals surface area contributed by atoms with Crippen LogP contribution in [0.5, 0.6) is 0 Å². The largest absolute Gasteiger partial charge is 0.449 e. The second-order valence-corrected chi connectivity index (χ2v) is 3.38. The molecular formula is C12H16NO3. The van der Waals surface area contributed by atoms with Crippen molar-refractivity contribution >= 4 is 11.8 Å². The molecule has 1 aromatic carbocycles. The van der Waals surface area contributed by atoms with E-state index >= 15 is 0 Å². The van der Waals surface area contributed by atoms with Gasteiger partial charge in [-0.05, 0) is 31.0 Å². The van der Waals surface area contributed by atoms with Crippen molar-refractivity contribution in [1.29, 1.82) is 0 Å². The Kier molecular flexibility index (Phi) is 4.79. The zero-order valence-corrected chi connectivity index (χ0v) is 9.60. The van der Waals surface area contributed by atoms with Gasteiger partial charge in [-0.25, -0.2) is 9.90 Å². The van der Waals surface area contributed by atoms with E-state index in [1.807, 2.05) is 24.3 Å². The highest BCUT2D eigenvalue weighted by atomic mass is 16.6. The highest BCUT2D eigenvalue weighted by molar-refractivity contribution is 5.86. The molecule has 4 heteroatoms. The number of carbonyl (C=O) groups excluding carboxylic acids is 1. The SMILES string of the molecule is CCOC(=O)N(C)c1ccc(CC[O])cc1. The Balaban J connectivity index is 2.69. The molecule has 0 bridgehead atoms. The second kappa shape index (κ2) is 6.12. The number of hydrogen-bond acceptors (Lipinski definition) is 2. The fourth-order valence-corrected chi connectivity index (χ4v) is 1.33. The number of ether oxygens (including phenoxy) is 1. The summed E-state index contributed by atoms with van der Waals surface area (Å²) in [7, 11) is 1.65. The Bertz CT molecular complexity index is 335. The molecule has 0 unspecified atom stereocenters. The molecule has 16 heavy (non-hydrogen) atoms. The number of hydrogen-bond donors (Lipinski definition) is 0. The average molecular weight is 222 g/mol. The number of benzene rings is 1. The van der Waals surface area contributed by atoms with E-state index in [1.54, 1.807) is 14.0 Å². The van der Waals surface area contributed by atoms with Gasteiger partial charge in [-0.3, -0.25) is 4.90 Å². The first-order valence-electron chi connectivity index (χ1n) is 5.26. The van der Waals surface area contributed by atoms with E-state index in [9.17, 15) is 9.90 Å². The molecule has 0 saturated carbocycles. The van der Waals surface area contributed by atoms with Crippen LogP contribution in [0.15, 0.2) is 24.3 Å². The summed E-state index contributed by atoms with van der Waals surface area (Å²) in [6.45, 7) is 2.01. The highest BCUT2D eigenvalue weighted by Crippen LogP contribution is 2.14. The lowest BCUT2D eigenvalue weighted by molar-refractivity contribution is 0.161. The van der Waals surface area contributed by atoms with E-state index < -0.39 is 0 Å². The maximum Gasteiger partial charge on any atom is 0.413 e. The van der Waals surface area contributed by atoms with Gasteiger partial charge < -0.3 is 4.74 Å². The summed E-state index contributed by atoms with van der Waals surface area (Å²) in [6, 6.07) is 7.32. The summed E-state index contributed by atoms with van der Waals surface area (Å²) in [4.78, 5) is 12.8. The molecule has 0 aliphatic heterocycles. The Labute approximate surface area is 95.5 Å². The van der Waals surface area contributed by atoms with Gasteiger partial charge in [0, 0.05) is 12.7 Å². The molecule has 0 saturated heterocycles. The third-order valence-electron chi connectivity index (χ3n) is 2.26. The van der Waals surface area contributed by atoms with Crippen LogP contribution in [-0.2, 0) is 16.3 Å². The molecule has 1 radical (unpaired) electrons. The van der Waals surface area contributed by atoms with E-state index in [1.165, 1.54) is 4.90 Å². The van der Waals surface area contributed by atoms with Crippen molar-refractivity contribution in [3.8, 4) is 0 Å². The monoisotopic (exact) mass is 222 g/mol. The molecule has 0 N–H and O–H groups in total. The number of carbonyl (C=O) groups is 1. The van der Waals surface area contributed by atoms with Gasteiger partial charge in [0.2, 0.25) is 0 Å². The van der Waals surface area contributed by atoms with E-state index in [2.05, 4.69) is 0 Å². The summed E-state index contributed by atoms with van der Waals surface area (Å²) < 4.78 is 4.87. The molecule has 1 aromatic rings. The van der Waals surface area contributed by atoms with Crippen molar-refractivity contribution in [1.82, 2.24) is 0 Å². The standard InChI is InChI=1S/C12H16NO3/c1-3-16-12(15)13(2)11-6-4-10(5-7-11)8-9-14/h4-7H,3,8-9H2,1-2H3. The molecule has 0 aliphatic carbocycles. The maximum absolute atomic E-state index is 11.4. The highest BCUT2D eigenvalue weighted by Gasteiger charge is 2.10. The van der Waals surface area contributed by atoms with Crippen LogP contribution in [0.1, 0.15) is 12.5 Å². The molecule has 1 amide bonds. The topological polar surface area (TPSA) is 49.4 Å². The normalized spacial score (nSPS) is 9.94. The Morgan fingerprint density at radius 1 is 1.31 bits per heavy atom. The number of rotatable bonds is 4. The minimum absolute atomic E-state index is 0.118. The molecule has 87 valence electrons. The van der Waals surface area contributed by atoms with Crippen LogP contribution in [0.25, 0.3) is 0 Å². The average Bonchev–Trinajstić information content (AvgIpc) is 2.30. The smallest absolute Gasteiger partial charge is 0.413 e. The van der Waals surface area contributed by atoms with Crippen LogP contribution < -0.4 is 4.90 Å². The molecule has 1 rings (SSSR count). The summed E-state index contributed by atoms with van der Waals surface area (Å²) in [5.41, 5.74) is 1.74. The molecule has 4 nitrogen and oxygen atoms in total. The van der Waals surface area contributed by atoms with Crippen molar-refractivity contribution in [2.75, 3.05) is 25.2 Å². The number of nitrogens with zero attached hydrogens (tertiary/aromatic N) is 1. The molecule has 0 aliphatic rings. The lowest BCUT2D eigenvalue weighted by Gasteiger charge is -2.16. The van der Waals surface area contributed by atoms with Gasteiger partial charge in [0.25, 0.3) is 0 Å². The summed E-state index contributed by atoms with van der Waals surface area (Å²) in [6.07, 6.45) is 0.141. The first-order chi connectivity index (χ1) is 7.69. The van der Waals surface area contributed by atoms with Crippen LogP contribution in [0, 0.1) is 0 Å².